The molecule has 1 heterocycles. The summed E-state index contributed by atoms with van der Waals surface area (Å²) in [6, 6.07) is 20.6. The lowest BCUT2D eigenvalue weighted by molar-refractivity contribution is 0.533. The lowest BCUT2D eigenvalue weighted by Crippen LogP contribution is -2.28. The van der Waals surface area contributed by atoms with Crippen LogP contribution in [-0.4, -0.2) is 16.0 Å². The molecule has 0 unspecified atom stereocenters. The predicted molar refractivity (Wildman–Crippen MR) is 120 cm³/mol. The van der Waals surface area contributed by atoms with Crippen molar-refractivity contribution in [1.82, 2.24) is 15.3 Å². The molecule has 4 aromatic rings. The number of aromatic nitrogens is 2. The van der Waals surface area contributed by atoms with Gasteiger partial charge in [-0.25, -0.2) is 9.37 Å². The third-order valence-corrected chi connectivity index (χ3v) is 5.42. The fourth-order valence-electron chi connectivity index (χ4n) is 3.95. The standard InChI is InChI=1S/C23H20FN3.2ClH/c24-21-12-23-22(26-14-27-23)11-20(21)16-7-5-15(6-8-16)13-25-19-9-17-3-1-2-4-18(17)10-19;;/h1-8,11-12,14,19,25H,9-10,13H2,(H,26,27);2*1H. The molecule has 0 saturated carbocycles. The molecule has 29 heavy (non-hydrogen) atoms. The highest BCUT2D eigenvalue weighted by atomic mass is 35.5. The zero-order chi connectivity index (χ0) is 18.2. The molecule has 6 heteroatoms. The van der Waals surface area contributed by atoms with Gasteiger partial charge in [0, 0.05) is 24.2 Å². The van der Waals surface area contributed by atoms with Crippen molar-refractivity contribution in [3.63, 3.8) is 0 Å². The number of imidazole rings is 1. The fraction of sp³-hybridized carbons (Fsp3) is 0.174. The van der Waals surface area contributed by atoms with Crippen molar-refractivity contribution < 1.29 is 4.39 Å². The van der Waals surface area contributed by atoms with Crippen molar-refractivity contribution in [2.45, 2.75) is 25.4 Å². The van der Waals surface area contributed by atoms with Gasteiger partial charge in [-0.15, -0.1) is 24.8 Å². The largest absolute Gasteiger partial charge is 0.345 e. The van der Waals surface area contributed by atoms with E-state index < -0.39 is 0 Å². The highest BCUT2D eigenvalue weighted by Crippen LogP contribution is 2.27. The number of nitrogens with zero attached hydrogens (tertiary/aromatic N) is 1. The Labute approximate surface area is 181 Å². The van der Waals surface area contributed by atoms with Crippen LogP contribution in [0.1, 0.15) is 16.7 Å². The molecule has 2 N–H and O–H groups in total. The number of H-pyrrole nitrogens is 1. The van der Waals surface area contributed by atoms with E-state index in [4.69, 9.17) is 0 Å². The molecule has 1 aliphatic rings. The van der Waals surface area contributed by atoms with Crippen LogP contribution in [0.5, 0.6) is 0 Å². The number of hydrogen-bond donors (Lipinski definition) is 2. The molecule has 0 radical (unpaired) electrons. The van der Waals surface area contributed by atoms with Crippen molar-refractivity contribution >= 4 is 35.8 Å². The molecule has 1 aliphatic carbocycles. The Morgan fingerprint density at radius 3 is 2.34 bits per heavy atom. The van der Waals surface area contributed by atoms with E-state index in [0.29, 0.717) is 17.1 Å². The number of fused-ring (bicyclic) bond motifs is 2. The molecular weight excluding hydrogens is 408 g/mol. The lowest BCUT2D eigenvalue weighted by atomic mass is 10.0. The fourth-order valence-corrected chi connectivity index (χ4v) is 3.95. The topological polar surface area (TPSA) is 40.7 Å². The van der Waals surface area contributed by atoms with Gasteiger partial charge in [-0.05, 0) is 41.2 Å². The number of benzene rings is 3. The van der Waals surface area contributed by atoms with Crippen molar-refractivity contribution in [3.05, 3.63) is 89.5 Å². The summed E-state index contributed by atoms with van der Waals surface area (Å²) in [5.41, 5.74) is 7.08. The van der Waals surface area contributed by atoms with E-state index >= 15 is 0 Å². The number of hydrogen-bond acceptors (Lipinski definition) is 2. The van der Waals surface area contributed by atoms with Gasteiger partial charge in [-0.3, -0.25) is 0 Å². The maximum atomic E-state index is 14.4. The van der Waals surface area contributed by atoms with Gasteiger partial charge in [0.25, 0.3) is 0 Å². The van der Waals surface area contributed by atoms with Crippen molar-refractivity contribution in [3.8, 4) is 11.1 Å². The molecule has 150 valence electrons. The summed E-state index contributed by atoms with van der Waals surface area (Å²) in [7, 11) is 0. The van der Waals surface area contributed by atoms with Gasteiger partial charge < -0.3 is 10.3 Å². The Balaban J connectivity index is 0.00000120. The van der Waals surface area contributed by atoms with Crippen LogP contribution < -0.4 is 5.32 Å². The zero-order valence-corrected chi connectivity index (χ0v) is 17.3. The Morgan fingerprint density at radius 1 is 0.966 bits per heavy atom. The Bertz CT molecular complexity index is 1080. The van der Waals surface area contributed by atoms with Gasteiger partial charge in [0.15, 0.2) is 0 Å². The number of nitrogens with one attached hydrogen (secondary N) is 2. The normalized spacial score (nSPS) is 13.0. The average Bonchev–Trinajstić information content (AvgIpc) is 3.32. The highest BCUT2D eigenvalue weighted by Gasteiger charge is 2.20. The van der Waals surface area contributed by atoms with Crippen molar-refractivity contribution in [2.75, 3.05) is 0 Å². The van der Waals surface area contributed by atoms with Crippen LogP contribution in [0.15, 0.2) is 67.0 Å². The number of aromatic amines is 1. The monoisotopic (exact) mass is 429 g/mol. The molecule has 0 fully saturated rings. The Kier molecular flexibility index (Phi) is 6.58. The van der Waals surface area contributed by atoms with Crippen molar-refractivity contribution in [2.24, 2.45) is 0 Å². The summed E-state index contributed by atoms with van der Waals surface area (Å²) in [6.07, 6.45) is 3.76. The number of rotatable bonds is 4. The van der Waals surface area contributed by atoms with Gasteiger partial charge in [-0.2, -0.15) is 0 Å². The summed E-state index contributed by atoms with van der Waals surface area (Å²) >= 11 is 0. The zero-order valence-electron chi connectivity index (χ0n) is 15.7. The minimum Gasteiger partial charge on any atom is -0.345 e. The first kappa shape index (κ1) is 21.3. The van der Waals surface area contributed by atoms with E-state index in [1.54, 1.807) is 6.33 Å². The Hall–Kier alpha value is -2.40. The third-order valence-electron chi connectivity index (χ3n) is 5.42. The van der Waals surface area contributed by atoms with Gasteiger partial charge in [0.1, 0.15) is 5.82 Å². The van der Waals surface area contributed by atoms with Crippen LogP contribution in [0.3, 0.4) is 0 Å². The van der Waals surface area contributed by atoms with E-state index in [-0.39, 0.29) is 30.6 Å². The molecule has 5 rings (SSSR count). The molecular formula is C23H22Cl2FN3. The quantitative estimate of drug-likeness (QED) is 0.451. The first-order chi connectivity index (χ1) is 13.3. The van der Waals surface area contributed by atoms with Crippen LogP contribution in [0, 0.1) is 5.82 Å². The van der Waals surface area contributed by atoms with Gasteiger partial charge in [-0.1, -0.05) is 48.5 Å². The molecule has 0 aliphatic heterocycles. The molecule has 0 bridgehead atoms. The predicted octanol–water partition coefficient (Wildman–Crippen LogP) is 5.47. The van der Waals surface area contributed by atoms with E-state index in [1.807, 2.05) is 18.2 Å². The van der Waals surface area contributed by atoms with Crippen LogP contribution in [-0.2, 0) is 19.4 Å². The van der Waals surface area contributed by atoms with E-state index in [2.05, 4.69) is 51.7 Å². The summed E-state index contributed by atoms with van der Waals surface area (Å²) < 4.78 is 14.4. The molecule has 0 amide bonds. The van der Waals surface area contributed by atoms with Crippen LogP contribution in [0.4, 0.5) is 4.39 Å². The summed E-state index contributed by atoms with van der Waals surface area (Å²) in [6.45, 7) is 0.820. The second kappa shape index (κ2) is 8.95. The van der Waals surface area contributed by atoms with Crippen LogP contribution in [0.25, 0.3) is 22.2 Å². The minimum absolute atomic E-state index is 0. The highest BCUT2D eigenvalue weighted by molar-refractivity contribution is 5.85. The Morgan fingerprint density at radius 2 is 1.66 bits per heavy atom. The van der Waals surface area contributed by atoms with E-state index in [9.17, 15) is 4.39 Å². The smallest absolute Gasteiger partial charge is 0.133 e. The summed E-state index contributed by atoms with van der Waals surface area (Å²) in [5.74, 6) is -0.246. The molecule has 1 aromatic heterocycles. The summed E-state index contributed by atoms with van der Waals surface area (Å²) in [4.78, 5) is 7.14. The second-order valence-corrected chi connectivity index (χ2v) is 7.20. The average molecular weight is 430 g/mol. The first-order valence-corrected chi connectivity index (χ1v) is 9.28. The maximum absolute atomic E-state index is 14.4. The van der Waals surface area contributed by atoms with Crippen molar-refractivity contribution in [1.29, 1.82) is 0 Å². The molecule has 0 saturated heterocycles. The number of halogens is 3. The first-order valence-electron chi connectivity index (χ1n) is 9.28. The molecule has 3 nitrogen and oxygen atoms in total. The van der Waals surface area contributed by atoms with E-state index in [1.165, 1.54) is 22.8 Å². The van der Waals surface area contributed by atoms with Gasteiger partial charge in [0.05, 0.1) is 17.4 Å². The second-order valence-electron chi connectivity index (χ2n) is 7.20. The molecule has 0 atom stereocenters. The van der Waals surface area contributed by atoms with Gasteiger partial charge >= 0.3 is 0 Å². The molecule has 0 spiro atoms. The molecule has 3 aromatic carbocycles. The summed E-state index contributed by atoms with van der Waals surface area (Å²) in [5, 5.41) is 3.65. The SMILES string of the molecule is Cl.Cl.Fc1cc2nc[nH]c2cc1-c1ccc(CNC2Cc3ccccc3C2)cc1. The third kappa shape index (κ3) is 4.30. The lowest BCUT2D eigenvalue weighted by Gasteiger charge is -2.12. The van der Waals surface area contributed by atoms with Crippen LogP contribution >= 0.6 is 24.8 Å². The van der Waals surface area contributed by atoms with E-state index in [0.717, 1.165) is 30.5 Å². The minimum atomic E-state index is -0.246. The van der Waals surface area contributed by atoms with Gasteiger partial charge in [0.2, 0.25) is 0 Å². The van der Waals surface area contributed by atoms with Crippen LogP contribution in [0.2, 0.25) is 0 Å². The maximum Gasteiger partial charge on any atom is 0.133 e.